The molecule has 5 nitrogen and oxygen atoms in total. The second kappa shape index (κ2) is 6.88. The number of likely N-dealkylation sites (tertiary alicyclic amines) is 1. The highest BCUT2D eigenvalue weighted by atomic mass is 35.5. The first-order chi connectivity index (χ1) is 12.5. The van der Waals surface area contributed by atoms with Crippen LogP contribution in [0.5, 0.6) is 0 Å². The lowest BCUT2D eigenvalue weighted by atomic mass is 9.77. The standard InChI is InChI=1S/C20H23ClN4O/c1-15-2-7-18(23-22-15)24-10-8-20(9-11-24)12-19(26)25(14-20)13-16-3-5-17(21)6-4-16/h2-7H,8-14H2,1H3. The lowest BCUT2D eigenvalue weighted by molar-refractivity contribution is -0.128. The maximum atomic E-state index is 12.6. The molecule has 2 aromatic rings. The second-order valence-electron chi connectivity index (χ2n) is 7.57. The van der Waals surface area contributed by atoms with Gasteiger partial charge in [-0.05, 0) is 49.6 Å². The molecule has 1 amide bonds. The van der Waals surface area contributed by atoms with Crippen molar-refractivity contribution in [3.8, 4) is 0 Å². The van der Waals surface area contributed by atoms with Crippen molar-refractivity contribution in [2.45, 2.75) is 32.7 Å². The van der Waals surface area contributed by atoms with Crippen LogP contribution in [0, 0.1) is 12.3 Å². The number of rotatable bonds is 3. The molecule has 0 saturated carbocycles. The molecule has 26 heavy (non-hydrogen) atoms. The topological polar surface area (TPSA) is 49.3 Å². The molecule has 6 heteroatoms. The average molecular weight is 371 g/mol. The van der Waals surface area contributed by atoms with E-state index in [1.165, 1.54) is 0 Å². The molecule has 2 saturated heterocycles. The van der Waals surface area contributed by atoms with Crippen molar-refractivity contribution in [2.75, 3.05) is 24.5 Å². The van der Waals surface area contributed by atoms with E-state index in [-0.39, 0.29) is 11.3 Å². The molecule has 0 radical (unpaired) electrons. The summed E-state index contributed by atoms with van der Waals surface area (Å²) in [7, 11) is 0. The Bertz CT molecular complexity index is 782. The molecule has 0 unspecified atom stereocenters. The number of nitrogens with zero attached hydrogens (tertiary/aromatic N) is 4. The lowest BCUT2D eigenvalue weighted by Gasteiger charge is -2.39. The first kappa shape index (κ1) is 17.3. The number of hydrogen-bond acceptors (Lipinski definition) is 4. The summed E-state index contributed by atoms with van der Waals surface area (Å²) in [6.45, 7) is 5.33. The minimum atomic E-state index is 0.109. The van der Waals surface area contributed by atoms with Crippen molar-refractivity contribution in [1.82, 2.24) is 15.1 Å². The van der Waals surface area contributed by atoms with Gasteiger partial charge in [0.15, 0.2) is 5.82 Å². The smallest absolute Gasteiger partial charge is 0.223 e. The Balaban J connectivity index is 1.39. The van der Waals surface area contributed by atoms with Crippen molar-refractivity contribution in [3.63, 3.8) is 0 Å². The predicted molar refractivity (Wildman–Crippen MR) is 102 cm³/mol. The Morgan fingerprint density at radius 1 is 1.08 bits per heavy atom. The highest BCUT2D eigenvalue weighted by Gasteiger charge is 2.44. The van der Waals surface area contributed by atoms with Gasteiger partial charge in [0.2, 0.25) is 5.91 Å². The summed E-state index contributed by atoms with van der Waals surface area (Å²) in [6.07, 6.45) is 2.70. The molecule has 2 aliphatic rings. The molecular weight excluding hydrogens is 348 g/mol. The molecule has 2 fully saturated rings. The van der Waals surface area contributed by atoms with Crippen LogP contribution < -0.4 is 4.90 Å². The summed E-state index contributed by atoms with van der Waals surface area (Å²) >= 11 is 5.95. The van der Waals surface area contributed by atoms with E-state index in [0.29, 0.717) is 13.0 Å². The number of amides is 1. The summed E-state index contributed by atoms with van der Waals surface area (Å²) in [5.41, 5.74) is 2.17. The molecule has 4 rings (SSSR count). The van der Waals surface area contributed by atoms with Crippen LogP contribution in [0.25, 0.3) is 0 Å². The van der Waals surface area contributed by atoms with Gasteiger partial charge in [-0.2, -0.15) is 5.10 Å². The van der Waals surface area contributed by atoms with Gasteiger partial charge in [-0.3, -0.25) is 4.79 Å². The molecule has 0 N–H and O–H groups in total. The minimum Gasteiger partial charge on any atom is -0.355 e. The molecular formula is C20H23ClN4O. The number of carbonyl (C=O) groups is 1. The zero-order valence-electron chi connectivity index (χ0n) is 15.0. The Morgan fingerprint density at radius 2 is 1.81 bits per heavy atom. The summed E-state index contributed by atoms with van der Waals surface area (Å²) in [5, 5.41) is 9.18. The lowest BCUT2D eigenvalue weighted by Crippen LogP contribution is -2.42. The summed E-state index contributed by atoms with van der Waals surface area (Å²) < 4.78 is 0. The molecule has 1 aromatic carbocycles. The van der Waals surface area contributed by atoms with E-state index in [2.05, 4.69) is 15.1 Å². The number of piperidine rings is 1. The molecule has 136 valence electrons. The molecule has 1 spiro atoms. The number of anilines is 1. The number of benzene rings is 1. The van der Waals surface area contributed by atoms with Gasteiger partial charge in [0.1, 0.15) is 0 Å². The normalized spacial score (nSPS) is 19.4. The van der Waals surface area contributed by atoms with E-state index in [9.17, 15) is 4.79 Å². The van der Waals surface area contributed by atoms with Crippen LogP contribution in [-0.4, -0.2) is 40.6 Å². The second-order valence-corrected chi connectivity index (χ2v) is 8.01. The van der Waals surface area contributed by atoms with Crippen LogP contribution in [0.3, 0.4) is 0 Å². The van der Waals surface area contributed by atoms with Gasteiger partial charge in [-0.25, -0.2) is 0 Å². The van der Waals surface area contributed by atoms with Crippen molar-refractivity contribution in [1.29, 1.82) is 0 Å². The Morgan fingerprint density at radius 3 is 2.46 bits per heavy atom. The number of carbonyl (C=O) groups excluding carboxylic acids is 1. The maximum absolute atomic E-state index is 12.6. The van der Waals surface area contributed by atoms with Gasteiger partial charge in [-0.15, -0.1) is 5.10 Å². The van der Waals surface area contributed by atoms with E-state index >= 15 is 0 Å². The van der Waals surface area contributed by atoms with E-state index < -0.39 is 0 Å². The molecule has 2 aliphatic heterocycles. The average Bonchev–Trinajstić information content (AvgIpc) is 2.93. The summed E-state index contributed by atoms with van der Waals surface area (Å²) in [6, 6.07) is 11.8. The molecule has 1 aromatic heterocycles. The third kappa shape index (κ3) is 3.54. The number of hydrogen-bond donors (Lipinski definition) is 0. The van der Waals surface area contributed by atoms with Crippen molar-refractivity contribution in [3.05, 3.63) is 52.7 Å². The molecule has 0 bridgehead atoms. The minimum absolute atomic E-state index is 0.109. The van der Waals surface area contributed by atoms with E-state index in [0.717, 1.165) is 54.6 Å². The monoisotopic (exact) mass is 370 g/mol. The first-order valence-corrected chi connectivity index (χ1v) is 9.48. The van der Waals surface area contributed by atoms with E-state index in [1.54, 1.807) is 0 Å². The van der Waals surface area contributed by atoms with Crippen molar-refractivity contribution < 1.29 is 4.79 Å². The van der Waals surface area contributed by atoms with Crippen LogP contribution in [0.4, 0.5) is 5.82 Å². The van der Waals surface area contributed by atoms with Gasteiger partial charge in [0, 0.05) is 43.0 Å². The number of aromatic nitrogens is 2. The summed E-state index contributed by atoms with van der Waals surface area (Å²) in [5.74, 6) is 1.20. The zero-order chi connectivity index (χ0) is 18.1. The SMILES string of the molecule is Cc1ccc(N2CCC3(CC2)CC(=O)N(Cc2ccc(Cl)cc2)C3)nn1. The molecule has 0 aliphatic carbocycles. The third-order valence-corrected chi connectivity index (χ3v) is 5.88. The van der Waals surface area contributed by atoms with Crippen LogP contribution in [0.15, 0.2) is 36.4 Å². The van der Waals surface area contributed by atoms with Crippen molar-refractivity contribution >= 4 is 23.3 Å². The Labute approximate surface area is 159 Å². The van der Waals surface area contributed by atoms with Crippen molar-refractivity contribution in [2.24, 2.45) is 5.41 Å². The van der Waals surface area contributed by atoms with Gasteiger partial charge in [0.25, 0.3) is 0 Å². The van der Waals surface area contributed by atoms with Crippen LogP contribution in [0.2, 0.25) is 5.02 Å². The highest BCUT2D eigenvalue weighted by Crippen LogP contribution is 2.42. The molecule has 3 heterocycles. The predicted octanol–water partition coefficient (Wildman–Crippen LogP) is 3.46. The van der Waals surface area contributed by atoms with Gasteiger partial charge in [0.05, 0.1) is 5.69 Å². The first-order valence-electron chi connectivity index (χ1n) is 9.11. The van der Waals surface area contributed by atoms with Crippen LogP contribution >= 0.6 is 11.6 Å². The van der Waals surface area contributed by atoms with Gasteiger partial charge in [-0.1, -0.05) is 23.7 Å². The fourth-order valence-corrected chi connectivity index (χ4v) is 4.17. The number of aryl methyl sites for hydroxylation is 1. The fourth-order valence-electron chi connectivity index (χ4n) is 4.04. The van der Waals surface area contributed by atoms with E-state index in [1.807, 2.05) is 48.2 Å². The third-order valence-electron chi connectivity index (χ3n) is 5.62. The van der Waals surface area contributed by atoms with Crippen LogP contribution in [0.1, 0.15) is 30.5 Å². The van der Waals surface area contributed by atoms with Gasteiger partial charge < -0.3 is 9.80 Å². The van der Waals surface area contributed by atoms with Gasteiger partial charge >= 0.3 is 0 Å². The quantitative estimate of drug-likeness (QED) is 0.830. The maximum Gasteiger partial charge on any atom is 0.223 e. The summed E-state index contributed by atoms with van der Waals surface area (Å²) in [4.78, 5) is 16.9. The zero-order valence-corrected chi connectivity index (χ0v) is 15.7. The fraction of sp³-hybridized carbons (Fsp3) is 0.450. The number of halogens is 1. The largest absolute Gasteiger partial charge is 0.355 e. The highest BCUT2D eigenvalue weighted by molar-refractivity contribution is 6.30. The van der Waals surface area contributed by atoms with Crippen LogP contribution in [-0.2, 0) is 11.3 Å². The van der Waals surface area contributed by atoms with E-state index in [4.69, 9.17) is 11.6 Å². The Kier molecular flexibility index (Phi) is 4.57. The Hall–Kier alpha value is -2.14. The molecule has 0 atom stereocenters.